The second-order valence-electron chi connectivity index (χ2n) is 10.1. The van der Waals surface area contributed by atoms with Gasteiger partial charge in [-0.2, -0.15) is 0 Å². The summed E-state index contributed by atoms with van der Waals surface area (Å²) in [4.78, 5) is 18.8. The van der Waals surface area contributed by atoms with Crippen LogP contribution < -0.4 is 10.5 Å². The first-order valence-electron chi connectivity index (χ1n) is 12.0. The quantitative estimate of drug-likeness (QED) is 0.522. The van der Waals surface area contributed by atoms with Crippen molar-refractivity contribution in [1.82, 2.24) is 9.80 Å². The lowest BCUT2D eigenvalue weighted by Gasteiger charge is -2.35. The Kier molecular flexibility index (Phi) is 5.65. The van der Waals surface area contributed by atoms with Gasteiger partial charge in [-0.15, -0.1) is 0 Å². The molecule has 3 aliphatic heterocycles. The van der Waals surface area contributed by atoms with Gasteiger partial charge in [0.25, 0.3) is 0 Å². The van der Waals surface area contributed by atoms with E-state index in [2.05, 4.69) is 47.9 Å². The molecule has 0 aromatic heterocycles. The molecule has 3 heterocycles. The third kappa shape index (κ3) is 3.61. The number of fused-ring (bicyclic) bond motifs is 3. The summed E-state index contributed by atoms with van der Waals surface area (Å²) >= 11 is 0. The number of nitrogens with one attached hydrogen (secondary N) is 1. The van der Waals surface area contributed by atoms with E-state index in [0.717, 1.165) is 29.8 Å². The van der Waals surface area contributed by atoms with Crippen LogP contribution in [0.1, 0.15) is 49.4 Å². The summed E-state index contributed by atoms with van der Waals surface area (Å²) in [6.07, 6.45) is 2.35. The second kappa shape index (κ2) is 8.49. The van der Waals surface area contributed by atoms with Crippen molar-refractivity contribution in [2.45, 2.75) is 51.4 Å². The number of rotatable bonds is 6. The molecule has 3 aliphatic rings. The predicted octanol–water partition coefficient (Wildman–Crippen LogP) is 3.80. The van der Waals surface area contributed by atoms with Gasteiger partial charge in [0.1, 0.15) is 11.6 Å². The minimum absolute atomic E-state index is 0.0240. The molecule has 0 radical (unpaired) electrons. The number of likely N-dealkylation sites (tertiary alicyclic amines) is 1. The molecule has 3 N–H and O–H groups in total. The maximum atomic E-state index is 14.0. The summed E-state index contributed by atoms with van der Waals surface area (Å²) in [5.41, 5.74) is 8.71. The molecule has 33 heavy (non-hydrogen) atoms. The number of amides is 1. The number of carbonyl (C=O) groups excluding carboxylic acids is 1. The van der Waals surface area contributed by atoms with E-state index in [4.69, 9.17) is 15.9 Å². The van der Waals surface area contributed by atoms with Crippen molar-refractivity contribution in [3.63, 3.8) is 0 Å². The predicted molar refractivity (Wildman–Crippen MR) is 129 cm³/mol. The molecule has 3 fully saturated rings. The minimum Gasteiger partial charge on any atom is -0.497 e. The average molecular weight is 447 g/mol. The molecule has 3 saturated heterocycles. The van der Waals surface area contributed by atoms with E-state index < -0.39 is 0 Å². The number of amidine groups is 1. The maximum Gasteiger partial charge on any atom is 0.228 e. The molecule has 6 nitrogen and oxygen atoms in total. The van der Waals surface area contributed by atoms with Crippen molar-refractivity contribution in [2.75, 3.05) is 13.7 Å². The van der Waals surface area contributed by atoms with Gasteiger partial charge < -0.3 is 15.4 Å². The molecule has 0 aliphatic carbocycles. The Hall–Kier alpha value is -2.86. The van der Waals surface area contributed by atoms with Crippen LogP contribution in [0.2, 0.25) is 0 Å². The summed E-state index contributed by atoms with van der Waals surface area (Å²) in [6, 6.07) is 16.8. The van der Waals surface area contributed by atoms with Crippen LogP contribution in [0.25, 0.3) is 0 Å². The number of ether oxygens (including phenoxy) is 1. The number of nitrogens with zero attached hydrogens (tertiary/aromatic N) is 2. The van der Waals surface area contributed by atoms with E-state index >= 15 is 0 Å². The first kappa shape index (κ1) is 22.0. The SMILES string of the molecule is COc1ccc(CN2C(=O)[C@H]3[C@H](C4CCCN4[C@H]3c3ccc(C(=N)N)cc3)[C@H]2C(C)C)cc1. The molecular formula is C27H34N4O2. The van der Waals surface area contributed by atoms with Crippen molar-refractivity contribution in [1.29, 1.82) is 5.41 Å². The molecule has 1 amide bonds. The molecule has 2 aromatic rings. The summed E-state index contributed by atoms with van der Waals surface area (Å²) in [6.45, 7) is 6.21. The van der Waals surface area contributed by atoms with Gasteiger partial charge in [-0.1, -0.05) is 50.2 Å². The Morgan fingerprint density at radius 2 is 1.85 bits per heavy atom. The van der Waals surface area contributed by atoms with Gasteiger partial charge in [0, 0.05) is 36.2 Å². The second-order valence-corrected chi connectivity index (χ2v) is 10.1. The first-order valence-corrected chi connectivity index (χ1v) is 12.0. The summed E-state index contributed by atoms with van der Waals surface area (Å²) < 4.78 is 5.31. The van der Waals surface area contributed by atoms with Gasteiger partial charge in [-0.05, 0) is 48.6 Å². The zero-order valence-corrected chi connectivity index (χ0v) is 19.7. The first-order chi connectivity index (χ1) is 15.9. The van der Waals surface area contributed by atoms with Crippen molar-refractivity contribution in [2.24, 2.45) is 23.5 Å². The smallest absolute Gasteiger partial charge is 0.228 e. The highest BCUT2D eigenvalue weighted by Gasteiger charge is 2.62. The lowest BCUT2D eigenvalue weighted by molar-refractivity contribution is -0.134. The zero-order valence-electron chi connectivity index (χ0n) is 19.7. The van der Waals surface area contributed by atoms with Gasteiger partial charge in [-0.25, -0.2) is 0 Å². The molecule has 5 rings (SSSR count). The van der Waals surface area contributed by atoms with Gasteiger partial charge in [0.2, 0.25) is 5.91 Å². The Balaban J connectivity index is 1.50. The summed E-state index contributed by atoms with van der Waals surface area (Å²) in [5, 5.41) is 7.71. The van der Waals surface area contributed by atoms with Crippen LogP contribution in [0, 0.1) is 23.2 Å². The molecule has 5 atom stereocenters. The molecule has 6 heteroatoms. The van der Waals surface area contributed by atoms with Crippen LogP contribution in [0.5, 0.6) is 5.75 Å². The fraction of sp³-hybridized carbons (Fsp3) is 0.481. The molecule has 2 aromatic carbocycles. The molecular weight excluding hydrogens is 412 g/mol. The molecule has 174 valence electrons. The van der Waals surface area contributed by atoms with E-state index in [1.807, 2.05) is 24.3 Å². The van der Waals surface area contributed by atoms with E-state index in [9.17, 15) is 4.79 Å². The van der Waals surface area contributed by atoms with Crippen molar-refractivity contribution in [3.8, 4) is 5.75 Å². The van der Waals surface area contributed by atoms with Crippen molar-refractivity contribution in [3.05, 3.63) is 65.2 Å². The lowest BCUT2D eigenvalue weighted by Crippen LogP contribution is -2.44. The third-order valence-electron chi connectivity index (χ3n) is 7.98. The Bertz CT molecular complexity index is 1030. The van der Waals surface area contributed by atoms with Crippen LogP contribution in [-0.2, 0) is 11.3 Å². The molecule has 0 bridgehead atoms. The highest BCUT2D eigenvalue weighted by atomic mass is 16.5. The minimum atomic E-state index is -0.0240. The monoisotopic (exact) mass is 446 g/mol. The lowest BCUT2D eigenvalue weighted by atomic mass is 9.79. The maximum absolute atomic E-state index is 14.0. The number of benzene rings is 2. The zero-order chi connectivity index (χ0) is 23.3. The largest absolute Gasteiger partial charge is 0.497 e. The Labute approximate surface area is 196 Å². The van der Waals surface area contributed by atoms with Gasteiger partial charge in [-0.3, -0.25) is 15.1 Å². The van der Waals surface area contributed by atoms with Crippen LogP contribution in [0.4, 0.5) is 0 Å². The normalized spacial score (nSPS) is 28.9. The Morgan fingerprint density at radius 1 is 1.15 bits per heavy atom. The van der Waals surface area contributed by atoms with E-state index in [1.165, 1.54) is 12.0 Å². The van der Waals surface area contributed by atoms with Crippen LogP contribution >= 0.6 is 0 Å². The standard InChI is InChI=1S/C27H34N4O2/c1-16(2)24-22-21-5-4-14-30(21)25(18-8-10-19(11-9-18)26(28)29)23(22)27(32)31(24)15-17-6-12-20(33-3)13-7-17/h6-13,16,21-25H,4-5,14-15H2,1-3H3,(H3,28,29)/t21?,22-,23-,24+,25-/m0/s1. The Morgan fingerprint density at radius 3 is 2.45 bits per heavy atom. The highest BCUT2D eigenvalue weighted by molar-refractivity contribution is 5.95. The molecule has 0 spiro atoms. The molecule has 1 unspecified atom stereocenters. The van der Waals surface area contributed by atoms with Crippen LogP contribution in [0.15, 0.2) is 48.5 Å². The van der Waals surface area contributed by atoms with Crippen molar-refractivity contribution >= 4 is 11.7 Å². The molecule has 0 saturated carbocycles. The van der Waals surface area contributed by atoms with Gasteiger partial charge in [0.05, 0.1) is 13.0 Å². The van der Waals surface area contributed by atoms with Crippen molar-refractivity contribution < 1.29 is 9.53 Å². The number of methoxy groups -OCH3 is 1. The number of hydrogen-bond acceptors (Lipinski definition) is 4. The van der Waals surface area contributed by atoms with Gasteiger partial charge in [0.15, 0.2) is 0 Å². The fourth-order valence-corrected chi connectivity index (χ4v) is 6.69. The number of carbonyl (C=O) groups is 1. The fourth-order valence-electron chi connectivity index (χ4n) is 6.69. The van der Waals surface area contributed by atoms with Crippen LogP contribution in [0.3, 0.4) is 0 Å². The van der Waals surface area contributed by atoms with Gasteiger partial charge >= 0.3 is 0 Å². The summed E-state index contributed by atoms with van der Waals surface area (Å²) in [5.74, 6) is 1.90. The van der Waals surface area contributed by atoms with Crippen LogP contribution in [-0.4, -0.2) is 47.3 Å². The van der Waals surface area contributed by atoms with E-state index in [0.29, 0.717) is 24.4 Å². The van der Waals surface area contributed by atoms with E-state index in [-0.39, 0.29) is 29.7 Å². The number of nitrogens with two attached hydrogens (primary N) is 1. The third-order valence-corrected chi connectivity index (χ3v) is 7.98. The number of nitrogen functional groups attached to an aromatic ring is 1. The topological polar surface area (TPSA) is 82.7 Å². The highest BCUT2D eigenvalue weighted by Crippen LogP contribution is 2.56. The van der Waals surface area contributed by atoms with E-state index in [1.54, 1.807) is 7.11 Å². The summed E-state index contributed by atoms with van der Waals surface area (Å²) in [7, 11) is 1.67. The average Bonchev–Trinajstić information content (AvgIpc) is 3.46. The number of hydrogen-bond donors (Lipinski definition) is 2.